The van der Waals surface area contributed by atoms with E-state index in [-0.39, 0.29) is 6.04 Å². The topological polar surface area (TPSA) is 64.9 Å². The fourth-order valence-electron chi connectivity index (χ4n) is 1.87. The number of rotatable bonds is 4. The molecule has 3 aromatic rings. The molecule has 2 heterocycles. The second-order valence-electron chi connectivity index (χ2n) is 4.38. The zero-order valence-electron chi connectivity index (χ0n) is 10.5. The number of hydrogen-bond acceptors (Lipinski definition) is 5. The summed E-state index contributed by atoms with van der Waals surface area (Å²) in [6.45, 7) is 0. The zero-order valence-corrected chi connectivity index (χ0v) is 12.9. The Bertz CT molecular complexity index is 695. The first kappa shape index (κ1) is 13.5. The Morgan fingerprint density at radius 3 is 2.80 bits per heavy atom. The highest BCUT2D eigenvalue weighted by Crippen LogP contribution is 2.28. The quantitative estimate of drug-likeness (QED) is 0.777. The van der Waals surface area contributed by atoms with E-state index in [1.165, 1.54) is 0 Å². The van der Waals surface area contributed by atoms with Crippen molar-refractivity contribution in [1.82, 2.24) is 10.1 Å². The van der Waals surface area contributed by atoms with Crippen molar-refractivity contribution < 1.29 is 4.52 Å². The van der Waals surface area contributed by atoms with Gasteiger partial charge in [0.05, 0.1) is 10.9 Å². The minimum absolute atomic E-state index is 0.290. The van der Waals surface area contributed by atoms with E-state index in [0.717, 1.165) is 14.9 Å². The van der Waals surface area contributed by atoms with Crippen LogP contribution < -0.4 is 5.73 Å². The van der Waals surface area contributed by atoms with Gasteiger partial charge in [0.2, 0.25) is 11.7 Å². The molecule has 1 atom stereocenters. The molecule has 0 saturated heterocycles. The van der Waals surface area contributed by atoms with Crippen LogP contribution in [-0.4, -0.2) is 10.1 Å². The molecule has 102 valence electrons. The van der Waals surface area contributed by atoms with Crippen LogP contribution in [0.1, 0.15) is 17.5 Å². The van der Waals surface area contributed by atoms with Gasteiger partial charge in [-0.2, -0.15) is 4.98 Å². The number of hydrogen-bond donors (Lipinski definition) is 1. The number of nitrogens with two attached hydrogens (primary N) is 1. The molecule has 0 unspecified atom stereocenters. The summed E-state index contributed by atoms with van der Waals surface area (Å²) in [5.41, 5.74) is 7.27. The molecule has 0 aliphatic rings. The van der Waals surface area contributed by atoms with Crippen LogP contribution in [0, 0.1) is 0 Å². The van der Waals surface area contributed by atoms with E-state index in [1.807, 2.05) is 41.8 Å². The predicted octanol–water partition coefficient (Wildman–Crippen LogP) is 3.80. The summed E-state index contributed by atoms with van der Waals surface area (Å²) in [6, 6.07) is 11.7. The first-order valence-corrected chi connectivity index (χ1v) is 7.77. The van der Waals surface area contributed by atoms with E-state index in [4.69, 9.17) is 10.3 Å². The Balaban J connectivity index is 1.76. The molecule has 0 amide bonds. The first-order valence-electron chi connectivity index (χ1n) is 6.10. The van der Waals surface area contributed by atoms with Crippen molar-refractivity contribution >= 4 is 27.3 Å². The third-order valence-corrected chi connectivity index (χ3v) is 4.53. The molecular weight excluding hydrogens is 338 g/mol. The average Bonchev–Trinajstić information content (AvgIpc) is 3.08. The lowest BCUT2D eigenvalue weighted by Crippen LogP contribution is -2.13. The van der Waals surface area contributed by atoms with Gasteiger partial charge >= 0.3 is 0 Å². The molecule has 4 nitrogen and oxygen atoms in total. The highest BCUT2D eigenvalue weighted by atomic mass is 79.9. The van der Waals surface area contributed by atoms with Gasteiger partial charge in [-0.15, -0.1) is 11.3 Å². The third kappa shape index (κ3) is 2.98. The van der Waals surface area contributed by atoms with Crippen LogP contribution in [0.5, 0.6) is 0 Å². The lowest BCUT2D eigenvalue weighted by molar-refractivity contribution is 0.354. The predicted molar refractivity (Wildman–Crippen MR) is 82.4 cm³/mol. The van der Waals surface area contributed by atoms with E-state index in [9.17, 15) is 0 Å². The molecule has 2 aromatic heterocycles. The van der Waals surface area contributed by atoms with Gasteiger partial charge in [0.25, 0.3) is 0 Å². The van der Waals surface area contributed by atoms with E-state index in [2.05, 4.69) is 26.1 Å². The highest BCUT2D eigenvalue weighted by Gasteiger charge is 2.17. The molecule has 0 spiro atoms. The first-order chi connectivity index (χ1) is 9.72. The smallest absolute Gasteiger partial charge is 0.244 e. The molecule has 0 fully saturated rings. The fraction of sp³-hybridized carbons (Fsp3) is 0.143. The van der Waals surface area contributed by atoms with Crippen LogP contribution in [0.25, 0.3) is 10.7 Å². The van der Waals surface area contributed by atoms with Gasteiger partial charge in [-0.25, -0.2) is 0 Å². The van der Waals surface area contributed by atoms with Crippen LogP contribution in [0.2, 0.25) is 0 Å². The van der Waals surface area contributed by atoms with E-state index in [0.29, 0.717) is 18.1 Å². The van der Waals surface area contributed by atoms with E-state index in [1.54, 1.807) is 11.3 Å². The van der Waals surface area contributed by atoms with Crippen molar-refractivity contribution in [3.8, 4) is 10.7 Å². The van der Waals surface area contributed by atoms with Crippen molar-refractivity contribution in [3.63, 3.8) is 0 Å². The standard InChI is InChI=1S/C14H12BrN3OS/c15-10-7-12(20-8-10)13-17-14(19-18-13)11(16)6-9-4-2-1-3-5-9/h1-5,7-8,11H,6,16H2/t11-/m0/s1. The largest absolute Gasteiger partial charge is 0.337 e. The van der Waals surface area contributed by atoms with Gasteiger partial charge in [0.15, 0.2) is 0 Å². The third-order valence-electron chi connectivity index (χ3n) is 2.85. The Morgan fingerprint density at radius 1 is 1.30 bits per heavy atom. The van der Waals surface area contributed by atoms with E-state index >= 15 is 0 Å². The van der Waals surface area contributed by atoms with Crippen LogP contribution in [0.3, 0.4) is 0 Å². The number of halogens is 1. The zero-order chi connectivity index (χ0) is 13.9. The SMILES string of the molecule is N[C@@H](Cc1ccccc1)c1nc(-c2cc(Br)cs2)no1. The number of nitrogens with zero attached hydrogens (tertiary/aromatic N) is 2. The van der Waals surface area contributed by atoms with Gasteiger partial charge in [0, 0.05) is 9.85 Å². The van der Waals surface area contributed by atoms with Crippen LogP contribution >= 0.6 is 27.3 Å². The summed E-state index contributed by atoms with van der Waals surface area (Å²) in [6.07, 6.45) is 0.677. The molecule has 0 aliphatic heterocycles. The summed E-state index contributed by atoms with van der Waals surface area (Å²) in [5, 5.41) is 5.97. The minimum atomic E-state index is -0.290. The summed E-state index contributed by atoms with van der Waals surface area (Å²) in [7, 11) is 0. The van der Waals surface area contributed by atoms with Gasteiger partial charge < -0.3 is 10.3 Å². The van der Waals surface area contributed by atoms with Gasteiger partial charge in [-0.05, 0) is 34.0 Å². The van der Waals surface area contributed by atoms with Crippen LogP contribution in [0.15, 0.2) is 50.8 Å². The Hall–Kier alpha value is -1.50. The number of thiophene rings is 1. The van der Waals surface area contributed by atoms with Crippen LogP contribution in [0.4, 0.5) is 0 Å². The van der Waals surface area contributed by atoms with Crippen molar-refractivity contribution in [2.24, 2.45) is 5.73 Å². The molecular formula is C14H12BrN3OS. The Morgan fingerprint density at radius 2 is 2.10 bits per heavy atom. The second kappa shape index (κ2) is 5.87. The molecule has 0 bridgehead atoms. The molecule has 0 radical (unpaired) electrons. The summed E-state index contributed by atoms with van der Waals surface area (Å²) in [5.74, 6) is 1.05. The molecule has 2 N–H and O–H groups in total. The second-order valence-corrected chi connectivity index (χ2v) is 6.21. The minimum Gasteiger partial charge on any atom is -0.337 e. The summed E-state index contributed by atoms with van der Waals surface area (Å²) >= 11 is 4.97. The Labute approximate surface area is 128 Å². The van der Waals surface area contributed by atoms with Gasteiger partial charge in [-0.3, -0.25) is 0 Å². The number of benzene rings is 1. The van der Waals surface area contributed by atoms with E-state index < -0.39 is 0 Å². The summed E-state index contributed by atoms with van der Waals surface area (Å²) < 4.78 is 6.28. The van der Waals surface area contributed by atoms with Gasteiger partial charge in [0.1, 0.15) is 0 Å². The maximum Gasteiger partial charge on any atom is 0.244 e. The Kier molecular flexibility index (Phi) is 3.95. The van der Waals surface area contributed by atoms with Crippen LogP contribution in [-0.2, 0) is 6.42 Å². The molecule has 6 heteroatoms. The maximum absolute atomic E-state index is 6.12. The lowest BCUT2D eigenvalue weighted by Gasteiger charge is -2.05. The monoisotopic (exact) mass is 349 g/mol. The lowest BCUT2D eigenvalue weighted by atomic mass is 10.1. The van der Waals surface area contributed by atoms with Crippen molar-refractivity contribution in [2.45, 2.75) is 12.5 Å². The van der Waals surface area contributed by atoms with Gasteiger partial charge in [-0.1, -0.05) is 35.5 Å². The van der Waals surface area contributed by atoms with Crippen molar-refractivity contribution in [2.75, 3.05) is 0 Å². The summed E-state index contributed by atoms with van der Waals surface area (Å²) in [4.78, 5) is 5.33. The van der Waals surface area contributed by atoms with Crippen molar-refractivity contribution in [3.05, 3.63) is 57.7 Å². The molecule has 20 heavy (non-hydrogen) atoms. The maximum atomic E-state index is 6.12. The normalized spacial score (nSPS) is 12.5. The number of aromatic nitrogens is 2. The molecule has 3 rings (SSSR count). The molecule has 0 aliphatic carbocycles. The average molecular weight is 350 g/mol. The van der Waals surface area contributed by atoms with Crippen molar-refractivity contribution in [1.29, 1.82) is 0 Å². The fourth-order valence-corrected chi connectivity index (χ4v) is 3.22. The highest BCUT2D eigenvalue weighted by molar-refractivity contribution is 9.10. The molecule has 1 aromatic carbocycles. The molecule has 0 saturated carbocycles.